The molecule has 1 aliphatic rings. The van der Waals surface area contributed by atoms with Crippen LogP contribution in [0.2, 0.25) is 5.02 Å². The van der Waals surface area contributed by atoms with Gasteiger partial charge in [0.05, 0.1) is 0 Å². The highest BCUT2D eigenvalue weighted by molar-refractivity contribution is 6.31. The molecule has 0 bridgehead atoms. The van der Waals surface area contributed by atoms with Gasteiger partial charge in [0.2, 0.25) is 0 Å². The number of anilines is 1. The molecule has 22 heavy (non-hydrogen) atoms. The first-order valence-corrected chi connectivity index (χ1v) is 7.12. The highest BCUT2D eigenvalue weighted by atomic mass is 35.5. The van der Waals surface area contributed by atoms with Crippen molar-refractivity contribution in [3.05, 3.63) is 28.8 Å². The lowest BCUT2D eigenvalue weighted by molar-refractivity contribution is -0.271. The van der Waals surface area contributed by atoms with Crippen LogP contribution in [0.5, 0.6) is 0 Å². The molecule has 1 heterocycles. The van der Waals surface area contributed by atoms with E-state index in [0.717, 1.165) is 0 Å². The SMILES string of the molecule is Cc1c(Cl)cccc1NC(=O)N1CCC(O)(C(F)(F)F)CC1. The Hall–Kier alpha value is -1.47. The van der Waals surface area contributed by atoms with Crippen molar-refractivity contribution in [2.24, 2.45) is 0 Å². The number of likely N-dealkylation sites (tertiary alicyclic amines) is 1. The van der Waals surface area contributed by atoms with Crippen LogP contribution in [0.3, 0.4) is 0 Å². The number of alkyl halides is 3. The molecule has 8 heteroatoms. The van der Waals surface area contributed by atoms with Crippen LogP contribution < -0.4 is 5.32 Å². The Kier molecular flexibility index (Phi) is 4.58. The summed E-state index contributed by atoms with van der Waals surface area (Å²) < 4.78 is 38.1. The highest BCUT2D eigenvalue weighted by Crippen LogP contribution is 2.38. The van der Waals surface area contributed by atoms with Crippen molar-refractivity contribution >= 4 is 23.3 Å². The molecule has 0 spiro atoms. The summed E-state index contributed by atoms with van der Waals surface area (Å²) in [5.41, 5.74) is -1.52. The fraction of sp³-hybridized carbons (Fsp3) is 0.500. The number of hydrogen-bond donors (Lipinski definition) is 2. The van der Waals surface area contributed by atoms with Gasteiger partial charge in [-0.05, 0) is 24.6 Å². The highest BCUT2D eigenvalue weighted by Gasteiger charge is 2.54. The second-order valence-electron chi connectivity index (χ2n) is 5.36. The van der Waals surface area contributed by atoms with Crippen LogP contribution in [0.15, 0.2) is 18.2 Å². The minimum absolute atomic E-state index is 0.165. The lowest BCUT2D eigenvalue weighted by atomic mass is 9.91. The molecule has 0 unspecified atom stereocenters. The van der Waals surface area contributed by atoms with Crippen LogP contribution in [0.25, 0.3) is 0 Å². The van der Waals surface area contributed by atoms with Crippen molar-refractivity contribution in [3.63, 3.8) is 0 Å². The molecule has 122 valence electrons. The average Bonchev–Trinajstić information content (AvgIpc) is 2.43. The Morgan fingerprint density at radius 1 is 1.36 bits per heavy atom. The van der Waals surface area contributed by atoms with Crippen LogP contribution in [-0.4, -0.2) is 40.9 Å². The monoisotopic (exact) mass is 336 g/mol. The first-order chi connectivity index (χ1) is 10.1. The van der Waals surface area contributed by atoms with Crippen molar-refractivity contribution in [1.29, 1.82) is 0 Å². The molecule has 2 N–H and O–H groups in total. The van der Waals surface area contributed by atoms with E-state index in [0.29, 0.717) is 16.3 Å². The first-order valence-electron chi connectivity index (χ1n) is 6.74. The molecule has 0 saturated carbocycles. The Bertz CT molecular complexity index is 570. The first kappa shape index (κ1) is 16.9. The summed E-state index contributed by atoms with van der Waals surface area (Å²) in [6.07, 6.45) is -5.74. The van der Waals surface area contributed by atoms with Crippen LogP contribution in [-0.2, 0) is 0 Å². The minimum atomic E-state index is -4.68. The number of benzene rings is 1. The zero-order valence-corrected chi connectivity index (χ0v) is 12.6. The van der Waals surface area contributed by atoms with Crippen LogP contribution in [0, 0.1) is 6.92 Å². The van der Waals surface area contributed by atoms with Gasteiger partial charge < -0.3 is 15.3 Å². The lowest BCUT2D eigenvalue weighted by Crippen LogP contribution is -2.55. The number of aliphatic hydroxyl groups is 1. The molecule has 1 aromatic carbocycles. The Morgan fingerprint density at radius 3 is 2.50 bits per heavy atom. The quantitative estimate of drug-likeness (QED) is 0.823. The summed E-state index contributed by atoms with van der Waals surface area (Å²) >= 11 is 5.95. The van der Waals surface area contributed by atoms with Crippen LogP contribution >= 0.6 is 11.6 Å². The molecular weight excluding hydrogens is 321 g/mol. The van der Waals surface area contributed by atoms with Crippen molar-refractivity contribution in [2.75, 3.05) is 18.4 Å². The van der Waals surface area contributed by atoms with Crippen molar-refractivity contribution in [2.45, 2.75) is 31.5 Å². The van der Waals surface area contributed by atoms with Gasteiger partial charge in [-0.15, -0.1) is 0 Å². The second kappa shape index (κ2) is 5.96. The number of piperidine rings is 1. The zero-order valence-electron chi connectivity index (χ0n) is 11.9. The summed E-state index contributed by atoms with van der Waals surface area (Å²) in [4.78, 5) is 13.4. The molecule has 0 aromatic heterocycles. The smallest absolute Gasteiger partial charge is 0.380 e. The van der Waals surface area contributed by atoms with E-state index in [1.54, 1.807) is 25.1 Å². The molecular formula is C14H16ClF3N2O2. The van der Waals surface area contributed by atoms with Gasteiger partial charge in [-0.25, -0.2) is 4.79 Å². The number of carbonyl (C=O) groups excluding carboxylic acids is 1. The van der Waals surface area contributed by atoms with Gasteiger partial charge in [-0.2, -0.15) is 13.2 Å². The summed E-state index contributed by atoms with van der Waals surface area (Å²) in [5, 5.41) is 12.7. The van der Waals surface area contributed by atoms with Crippen molar-refractivity contribution in [3.8, 4) is 0 Å². The van der Waals surface area contributed by atoms with E-state index in [2.05, 4.69) is 5.32 Å². The molecule has 4 nitrogen and oxygen atoms in total. The molecule has 1 fully saturated rings. The molecule has 0 aliphatic carbocycles. The standard InChI is InChI=1S/C14H16ClF3N2O2/c1-9-10(15)3-2-4-11(9)19-12(21)20-7-5-13(22,6-8-20)14(16,17)18/h2-4,22H,5-8H2,1H3,(H,19,21). The predicted octanol–water partition coefficient (Wildman–Crippen LogP) is 3.57. The van der Waals surface area contributed by atoms with Gasteiger partial charge >= 0.3 is 12.2 Å². The number of urea groups is 1. The molecule has 2 amide bonds. The molecule has 1 saturated heterocycles. The number of nitrogens with zero attached hydrogens (tertiary/aromatic N) is 1. The number of carbonyl (C=O) groups is 1. The van der Waals surface area contributed by atoms with Crippen LogP contribution in [0.4, 0.5) is 23.7 Å². The second-order valence-corrected chi connectivity index (χ2v) is 5.77. The average molecular weight is 337 g/mol. The van der Waals surface area contributed by atoms with E-state index >= 15 is 0 Å². The third-order valence-electron chi connectivity index (χ3n) is 3.91. The van der Waals surface area contributed by atoms with Gasteiger partial charge in [-0.3, -0.25) is 0 Å². The van der Waals surface area contributed by atoms with Crippen molar-refractivity contribution in [1.82, 2.24) is 4.90 Å². The predicted molar refractivity (Wildman–Crippen MR) is 77.0 cm³/mol. The fourth-order valence-corrected chi connectivity index (χ4v) is 2.47. The number of amides is 2. The number of halogens is 4. The van der Waals surface area contributed by atoms with E-state index in [1.807, 2.05) is 0 Å². The molecule has 1 aromatic rings. The number of hydrogen-bond acceptors (Lipinski definition) is 2. The number of rotatable bonds is 1. The van der Waals surface area contributed by atoms with Gasteiger partial charge in [0.25, 0.3) is 0 Å². The van der Waals surface area contributed by atoms with E-state index in [9.17, 15) is 23.1 Å². The van der Waals surface area contributed by atoms with Gasteiger partial charge in [0.15, 0.2) is 5.60 Å². The Balaban J connectivity index is 2.00. The topological polar surface area (TPSA) is 52.6 Å². The van der Waals surface area contributed by atoms with Crippen molar-refractivity contribution < 1.29 is 23.1 Å². The molecule has 0 radical (unpaired) electrons. The third kappa shape index (κ3) is 3.30. The van der Waals surface area contributed by atoms with E-state index in [-0.39, 0.29) is 13.1 Å². The molecule has 1 aliphatic heterocycles. The number of nitrogens with one attached hydrogen (secondary N) is 1. The fourth-order valence-electron chi connectivity index (χ4n) is 2.30. The summed E-state index contributed by atoms with van der Waals surface area (Å²) in [7, 11) is 0. The van der Waals surface area contributed by atoms with E-state index < -0.39 is 30.7 Å². The Morgan fingerprint density at radius 2 is 1.95 bits per heavy atom. The summed E-state index contributed by atoms with van der Waals surface area (Å²) in [6.45, 7) is 1.40. The third-order valence-corrected chi connectivity index (χ3v) is 4.32. The maximum atomic E-state index is 12.7. The maximum absolute atomic E-state index is 12.7. The normalized spacial score (nSPS) is 18.2. The zero-order chi connectivity index (χ0) is 16.5. The van der Waals surface area contributed by atoms with Crippen LogP contribution in [0.1, 0.15) is 18.4 Å². The van der Waals surface area contributed by atoms with E-state index in [1.165, 1.54) is 4.90 Å². The van der Waals surface area contributed by atoms with Gasteiger partial charge in [-0.1, -0.05) is 17.7 Å². The van der Waals surface area contributed by atoms with E-state index in [4.69, 9.17) is 11.6 Å². The summed E-state index contributed by atoms with van der Waals surface area (Å²) in [5.74, 6) is 0. The van der Waals surface area contributed by atoms with Gasteiger partial charge in [0, 0.05) is 36.6 Å². The maximum Gasteiger partial charge on any atom is 0.417 e. The largest absolute Gasteiger partial charge is 0.417 e. The lowest BCUT2D eigenvalue weighted by Gasteiger charge is -2.39. The molecule has 0 atom stereocenters. The summed E-state index contributed by atoms with van der Waals surface area (Å²) in [6, 6.07) is 4.50. The Labute approximate surface area is 130 Å². The van der Waals surface area contributed by atoms with Gasteiger partial charge in [0.1, 0.15) is 0 Å². The minimum Gasteiger partial charge on any atom is -0.380 e. The molecule has 2 rings (SSSR count).